The number of amides is 1. The maximum Gasteiger partial charge on any atom is 0.307 e. The van der Waals surface area contributed by atoms with E-state index in [-0.39, 0.29) is 12.1 Å². The van der Waals surface area contributed by atoms with Gasteiger partial charge in [0.15, 0.2) is 0 Å². The van der Waals surface area contributed by atoms with Gasteiger partial charge in [0.05, 0.1) is 17.5 Å². The fourth-order valence-electron chi connectivity index (χ4n) is 1.57. The molecule has 1 saturated carbocycles. The number of aliphatic carboxylic acids is 1. The van der Waals surface area contributed by atoms with Gasteiger partial charge >= 0.3 is 5.97 Å². The number of hydrogen-bond donors (Lipinski definition) is 2. The van der Waals surface area contributed by atoms with Gasteiger partial charge in [0.2, 0.25) is 5.91 Å². The van der Waals surface area contributed by atoms with Crippen LogP contribution in [-0.2, 0) is 9.59 Å². The van der Waals surface area contributed by atoms with Gasteiger partial charge in [-0.25, -0.2) is 8.78 Å². The largest absolute Gasteiger partial charge is 0.481 e. The summed E-state index contributed by atoms with van der Waals surface area (Å²) in [6.07, 6.45) is 0.254. The Balaban J connectivity index is 2.02. The van der Waals surface area contributed by atoms with Crippen LogP contribution < -0.4 is 5.32 Å². The Morgan fingerprint density at radius 3 is 2.53 bits per heavy atom. The summed E-state index contributed by atoms with van der Waals surface area (Å²) in [4.78, 5) is 22.0. The zero-order valence-electron chi connectivity index (χ0n) is 8.61. The van der Waals surface area contributed by atoms with Gasteiger partial charge in [-0.2, -0.15) is 0 Å². The lowest BCUT2D eigenvalue weighted by Gasteiger charge is -2.05. The highest BCUT2D eigenvalue weighted by Gasteiger charge is 2.48. The van der Waals surface area contributed by atoms with Gasteiger partial charge in [0, 0.05) is 6.07 Å². The van der Waals surface area contributed by atoms with E-state index >= 15 is 0 Å². The molecule has 6 heteroatoms. The fourth-order valence-corrected chi connectivity index (χ4v) is 1.57. The molecule has 1 fully saturated rings. The Labute approximate surface area is 95.2 Å². The van der Waals surface area contributed by atoms with Crippen LogP contribution in [-0.4, -0.2) is 17.0 Å². The molecule has 0 spiro atoms. The van der Waals surface area contributed by atoms with Gasteiger partial charge < -0.3 is 10.4 Å². The van der Waals surface area contributed by atoms with Crippen LogP contribution in [0.5, 0.6) is 0 Å². The van der Waals surface area contributed by atoms with Gasteiger partial charge in [-0.3, -0.25) is 9.59 Å². The normalized spacial score (nSPS) is 22.0. The molecule has 1 aliphatic carbocycles. The second-order valence-corrected chi connectivity index (χ2v) is 3.90. The Morgan fingerprint density at radius 2 is 2.00 bits per heavy atom. The van der Waals surface area contributed by atoms with Gasteiger partial charge in [-0.15, -0.1) is 0 Å². The van der Waals surface area contributed by atoms with E-state index in [1.807, 2.05) is 0 Å². The standard InChI is InChI=1S/C11H9F2NO3/c12-5-1-2-9(8(13)3-5)14-10(15)6-4-7(6)11(16)17/h1-3,6-7H,4H2,(H,14,15)(H,16,17)/t6-,7+/m1/s1. The smallest absolute Gasteiger partial charge is 0.307 e. The summed E-state index contributed by atoms with van der Waals surface area (Å²) in [5, 5.41) is 10.9. The minimum atomic E-state index is -1.04. The van der Waals surface area contributed by atoms with Crippen molar-refractivity contribution in [3.63, 3.8) is 0 Å². The van der Waals surface area contributed by atoms with E-state index in [1.165, 1.54) is 0 Å². The molecule has 0 heterocycles. The highest BCUT2D eigenvalue weighted by molar-refractivity contribution is 5.98. The van der Waals surface area contributed by atoms with Crippen LogP contribution in [0, 0.1) is 23.5 Å². The molecule has 2 atom stereocenters. The van der Waals surface area contributed by atoms with Crippen molar-refractivity contribution in [1.82, 2.24) is 0 Å². The predicted molar refractivity (Wildman–Crippen MR) is 54.2 cm³/mol. The minimum Gasteiger partial charge on any atom is -0.481 e. The molecular weight excluding hydrogens is 232 g/mol. The van der Waals surface area contributed by atoms with E-state index in [0.29, 0.717) is 6.07 Å². The zero-order valence-corrected chi connectivity index (χ0v) is 8.61. The van der Waals surface area contributed by atoms with Crippen LogP contribution in [0.4, 0.5) is 14.5 Å². The molecule has 17 heavy (non-hydrogen) atoms. The molecule has 1 aliphatic rings. The highest BCUT2D eigenvalue weighted by atomic mass is 19.1. The molecule has 1 aromatic rings. The number of hydrogen-bond acceptors (Lipinski definition) is 2. The fraction of sp³-hybridized carbons (Fsp3) is 0.273. The number of anilines is 1. The van der Waals surface area contributed by atoms with Crippen molar-refractivity contribution in [2.45, 2.75) is 6.42 Å². The lowest BCUT2D eigenvalue weighted by molar-refractivity contribution is -0.139. The van der Waals surface area contributed by atoms with Crippen molar-refractivity contribution < 1.29 is 23.5 Å². The number of carbonyl (C=O) groups is 2. The van der Waals surface area contributed by atoms with Gasteiger partial charge in [-0.1, -0.05) is 0 Å². The number of halogens is 2. The van der Waals surface area contributed by atoms with E-state index < -0.39 is 35.3 Å². The van der Waals surface area contributed by atoms with E-state index in [9.17, 15) is 18.4 Å². The number of carbonyl (C=O) groups excluding carboxylic acids is 1. The Bertz CT molecular complexity index is 490. The van der Waals surface area contributed by atoms with E-state index in [1.54, 1.807) is 0 Å². The molecule has 2 rings (SSSR count). The Hall–Kier alpha value is -1.98. The second kappa shape index (κ2) is 4.12. The zero-order chi connectivity index (χ0) is 12.6. The number of benzene rings is 1. The van der Waals surface area contributed by atoms with E-state index in [2.05, 4.69) is 5.32 Å². The first-order valence-corrected chi connectivity index (χ1v) is 4.98. The summed E-state index contributed by atoms with van der Waals surface area (Å²) in [6.45, 7) is 0. The average molecular weight is 241 g/mol. The first-order valence-electron chi connectivity index (χ1n) is 4.98. The summed E-state index contributed by atoms with van der Waals surface area (Å²) >= 11 is 0. The SMILES string of the molecule is O=C(O)[C@H]1C[C@H]1C(=O)Nc1ccc(F)cc1F. The molecule has 4 nitrogen and oxygen atoms in total. The highest BCUT2D eigenvalue weighted by Crippen LogP contribution is 2.39. The van der Waals surface area contributed by atoms with Gasteiger partial charge in [0.25, 0.3) is 0 Å². The maximum atomic E-state index is 13.2. The lowest BCUT2D eigenvalue weighted by atomic mass is 10.2. The summed E-state index contributed by atoms with van der Waals surface area (Å²) in [5.74, 6) is -4.54. The number of nitrogens with one attached hydrogen (secondary N) is 1. The predicted octanol–water partition coefficient (Wildman–Crippen LogP) is 1.62. The third-order valence-electron chi connectivity index (χ3n) is 2.63. The van der Waals surface area contributed by atoms with E-state index in [0.717, 1.165) is 12.1 Å². The first kappa shape index (κ1) is 11.5. The van der Waals surface area contributed by atoms with Crippen molar-refractivity contribution in [3.8, 4) is 0 Å². The first-order chi connectivity index (χ1) is 7.99. The third-order valence-corrected chi connectivity index (χ3v) is 2.63. The van der Waals surface area contributed by atoms with Crippen molar-refractivity contribution >= 4 is 17.6 Å². The van der Waals surface area contributed by atoms with Gasteiger partial charge in [-0.05, 0) is 18.6 Å². The van der Waals surface area contributed by atoms with E-state index in [4.69, 9.17) is 5.11 Å². The van der Waals surface area contributed by atoms with Crippen molar-refractivity contribution in [2.75, 3.05) is 5.32 Å². The molecule has 0 radical (unpaired) electrons. The van der Waals surface area contributed by atoms with Crippen LogP contribution in [0.2, 0.25) is 0 Å². The summed E-state index contributed by atoms with van der Waals surface area (Å²) in [5.41, 5.74) is -0.146. The molecule has 0 aliphatic heterocycles. The molecular formula is C11H9F2NO3. The average Bonchev–Trinajstić information content (AvgIpc) is 3.01. The number of rotatable bonds is 3. The van der Waals surface area contributed by atoms with Crippen molar-refractivity contribution in [3.05, 3.63) is 29.8 Å². The monoisotopic (exact) mass is 241 g/mol. The Morgan fingerprint density at radius 1 is 1.29 bits per heavy atom. The van der Waals surface area contributed by atoms with Crippen molar-refractivity contribution in [2.24, 2.45) is 11.8 Å². The van der Waals surface area contributed by atoms with Gasteiger partial charge in [0.1, 0.15) is 11.6 Å². The molecule has 90 valence electrons. The quantitative estimate of drug-likeness (QED) is 0.845. The van der Waals surface area contributed by atoms with Crippen LogP contribution >= 0.6 is 0 Å². The number of carboxylic acid groups (broad SMARTS) is 1. The minimum absolute atomic E-state index is 0.146. The van der Waals surface area contributed by atoms with Crippen LogP contribution in [0.1, 0.15) is 6.42 Å². The maximum absolute atomic E-state index is 13.2. The Kier molecular flexibility index (Phi) is 2.79. The van der Waals surface area contributed by atoms with Crippen LogP contribution in [0.3, 0.4) is 0 Å². The summed E-state index contributed by atoms with van der Waals surface area (Å²) < 4.78 is 25.8. The lowest BCUT2D eigenvalue weighted by Crippen LogP contribution is -2.17. The number of carboxylic acids is 1. The third kappa shape index (κ3) is 2.41. The second-order valence-electron chi connectivity index (χ2n) is 3.90. The molecule has 1 aromatic carbocycles. The molecule has 0 aromatic heterocycles. The molecule has 2 N–H and O–H groups in total. The topological polar surface area (TPSA) is 66.4 Å². The molecule has 1 amide bonds. The van der Waals surface area contributed by atoms with Crippen molar-refractivity contribution in [1.29, 1.82) is 0 Å². The van der Waals surface area contributed by atoms with Crippen LogP contribution in [0.15, 0.2) is 18.2 Å². The summed E-state index contributed by atoms with van der Waals surface area (Å²) in [6, 6.07) is 2.76. The molecule has 0 unspecified atom stereocenters. The molecule has 0 bridgehead atoms. The van der Waals surface area contributed by atoms with Crippen LogP contribution in [0.25, 0.3) is 0 Å². The molecule has 0 saturated heterocycles. The summed E-state index contributed by atoms with van der Waals surface area (Å²) in [7, 11) is 0.